The van der Waals surface area contributed by atoms with Gasteiger partial charge in [0.1, 0.15) is 30.5 Å². The Hall–Kier alpha value is -3.80. The van der Waals surface area contributed by atoms with Crippen LogP contribution in [-0.4, -0.2) is 23.4 Å². The zero-order chi connectivity index (χ0) is 19.7. The number of hydrogen-bond donors (Lipinski definition) is 0. The van der Waals surface area contributed by atoms with Crippen molar-refractivity contribution in [2.45, 2.75) is 6.10 Å². The number of rotatable bonds is 9. The largest absolute Gasteiger partial charge is 0.490 e. The van der Waals surface area contributed by atoms with E-state index in [1.165, 1.54) is 6.39 Å². The van der Waals surface area contributed by atoms with Crippen LogP contribution in [0, 0.1) is 0 Å². The lowest BCUT2D eigenvalue weighted by atomic mass is 10.1. The van der Waals surface area contributed by atoms with E-state index in [1.54, 1.807) is 0 Å². The Morgan fingerprint density at radius 3 is 2.10 bits per heavy atom. The van der Waals surface area contributed by atoms with E-state index in [2.05, 4.69) is 10.1 Å². The number of benzene rings is 3. The fourth-order valence-corrected chi connectivity index (χ4v) is 2.84. The number of ether oxygens (including phenoxy) is 3. The third-order valence-corrected chi connectivity index (χ3v) is 4.16. The first-order valence-electron chi connectivity index (χ1n) is 9.28. The summed E-state index contributed by atoms with van der Waals surface area (Å²) in [5.74, 6) is 2.60. The van der Waals surface area contributed by atoms with Crippen LogP contribution in [0.1, 0.15) is 17.5 Å². The fourth-order valence-electron chi connectivity index (χ4n) is 2.84. The third kappa shape index (κ3) is 4.93. The van der Waals surface area contributed by atoms with Crippen molar-refractivity contribution in [3.05, 3.63) is 103 Å². The van der Waals surface area contributed by atoms with Gasteiger partial charge in [-0.3, -0.25) is 0 Å². The summed E-state index contributed by atoms with van der Waals surface area (Å²) >= 11 is 0. The average molecular weight is 388 g/mol. The Balaban J connectivity index is 1.49. The molecular weight excluding hydrogens is 368 g/mol. The van der Waals surface area contributed by atoms with Gasteiger partial charge < -0.3 is 18.7 Å². The Bertz CT molecular complexity index is 992. The molecule has 0 saturated heterocycles. The molecule has 3 aromatic carbocycles. The minimum Gasteiger partial charge on any atom is -0.490 e. The highest BCUT2D eigenvalue weighted by Gasteiger charge is 2.24. The van der Waals surface area contributed by atoms with Crippen molar-refractivity contribution in [2.75, 3.05) is 13.2 Å². The quantitative estimate of drug-likeness (QED) is 0.387. The molecule has 0 radical (unpaired) electrons. The average Bonchev–Trinajstić information content (AvgIpc) is 3.32. The molecule has 1 atom stereocenters. The van der Waals surface area contributed by atoms with Crippen LogP contribution in [0.4, 0.5) is 0 Å². The number of hydrogen-bond acceptors (Lipinski definition) is 6. The molecule has 0 aliphatic carbocycles. The molecule has 0 amide bonds. The minimum absolute atomic E-state index is 0.385. The second kappa shape index (κ2) is 9.41. The smallest absolute Gasteiger partial charge is 0.217 e. The van der Waals surface area contributed by atoms with Crippen molar-refractivity contribution >= 4 is 0 Å². The van der Waals surface area contributed by atoms with E-state index in [0.29, 0.717) is 30.5 Å². The summed E-state index contributed by atoms with van der Waals surface area (Å²) in [5.41, 5.74) is 0.803. The molecule has 1 unspecified atom stereocenters. The van der Waals surface area contributed by atoms with Crippen LogP contribution in [0.3, 0.4) is 0 Å². The fraction of sp³-hybridized carbons (Fsp3) is 0.130. The lowest BCUT2D eigenvalue weighted by Gasteiger charge is -2.19. The molecule has 0 spiro atoms. The summed E-state index contributed by atoms with van der Waals surface area (Å²) in [6, 6.07) is 26.8. The van der Waals surface area contributed by atoms with E-state index in [0.717, 1.165) is 11.3 Å². The minimum atomic E-state index is -0.567. The maximum absolute atomic E-state index is 6.16. The molecule has 0 saturated carbocycles. The van der Waals surface area contributed by atoms with E-state index in [4.69, 9.17) is 18.7 Å². The van der Waals surface area contributed by atoms with Crippen molar-refractivity contribution in [2.24, 2.45) is 0 Å². The predicted molar refractivity (Wildman–Crippen MR) is 107 cm³/mol. The van der Waals surface area contributed by atoms with Crippen LogP contribution in [0.25, 0.3) is 0 Å². The van der Waals surface area contributed by atoms with Gasteiger partial charge in [0.15, 0.2) is 6.10 Å². The molecule has 1 heterocycles. The van der Waals surface area contributed by atoms with Crippen LogP contribution >= 0.6 is 0 Å². The van der Waals surface area contributed by atoms with Gasteiger partial charge >= 0.3 is 0 Å². The van der Waals surface area contributed by atoms with Gasteiger partial charge in [-0.05, 0) is 30.3 Å². The predicted octanol–water partition coefficient (Wildman–Crippen LogP) is 4.70. The number of aromatic nitrogens is 2. The Morgan fingerprint density at radius 2 is 1.38 bits per heavy atom. The lowest BCUT2D eigenvalue weighted by molar-refractivity contribution is 0.199. The molecular formula is C23H20N2O4. The first-order valence-corrected chi connectivity index (χ1v) is 9.28. The lowest BCUT2D eigenvalue weighted by Crippen LogP contribution is -2.15. The topological polar surface area (TPSA) is 66.6 Å². The molecule has 4 rings (SSSR count). The van der Waals surface area contributed by atoms with E-state index >= 15 is 0 Å². The third-order valence-electron chi connectivity index (χ3n) is 4.16. The van der Waals surface area contributed by atoms with Crippen LogP contribution in [-0.2, 0) is 0 Å². The van der Waals surface area contributed by atoms with E-state index in [9.17, 15) is 0 Å². The first kappa shape index (κ1) is 18.6. The van der Waals surface area contributed by atoms with Crippen LogP contribution in [0.15, 0.2) is 95.8 Å². The highest BCUT2D eigenvalue weighted by atomic mass is 16.5. The van der Waals surface area contributed by atoms with Gasteiger partial charge in [0.05, 0.1) is 0 Å². The SMILES string of the molecule is c1ccc(OCCOc2ccccc2C(Oc2ccccc2)c2ncon2)cc1. The molecule has 0 aliphatic rings. The van der Waals surface area contributed by atoms with Gasteiger partial charge in [-0.2, -0.15) is 4.98 Å². The van der Waals surface area contributed by atoms with Crippen molar-refractivity contribution in [3.8, 4) is 17.2 Å². The summed E-state index contributed by atoms with van der Waals surface area (Å²) in [6.07, 6.45) is 0.718. The summed E-state index contributed by atoms with van der Waals surface area (Å²) in [5, 5.41) is 3.97. The van der Waals surface area contributed by atoms with Crippen molar-refractivity contribution in [1.82, 2.24) is 10.1 Å². The van der Waals surface area contributed by atoms with Gasteiger partial charge in [0.2, 0.25) is 12.2 Å². The molecule has 146 valence electrons. The highest BCUT2D eigenvalue weighted by Crippen LogP contribution is 2.32. The number of nitrogens with zero attached hydrogens (tertiary/aromatic N) is 2. The van der Waals surface area contributed by atoms with Crippen LogP contribution in [0.5, 0.6) is 17.2 Å². The second-order valence-corrected chi connectivity index (χ2v) is 6.15. The summed E-state index contributed by atoms with van der Waals surface area (Å²) in [4.78, 5) is 4.18. The van der Waals surface area contributed by atoms with E-state index in [1.807, 2.05) is 84.9 Å². The monoisotopic (exact) mass is 388 g/mol. The Morgan fingerprint density at radius 1 is 0.724 bits per heavy atom. The highest BCUT2D eigenvalue weighted by molar-refractivity contribution is 5.39. The maximum Gasteiger partial charge on any atom is 0.217 e. The van der Waals surface area contributed by atoms with Crippen LogP contribution < -0.4 is 14.2 Å². The molecule has 1 aromatic heterocycles. The summed E-state index contributed by atoms with van der Waals surface area (Å²) < 4.78 is 22.8. The normalized spacial score (nSPS) is 11.6. The first-order chi connectivity index (χ1) is 14.4. The standard InChI is InChI=1S/C23H20N2O4/c1-3-9-18(10-4-1)26-15-16-27-21-14-8-7-13-20(21)22(23-24-17-28-25-23)29-19-11-5-2-6-12-19/h1-14,17,22H,15-16H2. The van der Waals surface area contributed by atoms with E-state index < -0.39 is 6.10 Å². The molecule has 0 aliphatic heterocycles. The molecule has 29 heavy (non-hydrogen) atoms. The molecule has 6 nitrogen and oxygen atoms in total. The van der Waals surface area contributed by atoms with Gasteiger partial charge in [-0.25, -0.2) is 0 Å². The molecule has 0 N–H and O–H groups in total. The molecule has 0 bridgehead atoms. The molecule has 4 aromatic rings. The zero-order valence-corrected chi connectivity index (χ0v) is 15.7. The van der Waals surface area contributed by atoms with Gasteiger partial charge in [-0.15, -0.1) is 0 Å². The van der Waals surface area contributed by atoms with Gasteiger partial charge in [0.25, 0.3) is 0 Å². The van der Waals surface area contributed by atoms with Gasteiger partial charge in [-0.1, -0.05) is 59.8 Å². The van der Waals surface area contributed by atoms with E-state index in [-0.39, 0.29) is 0 Å². The van der Waals surface area contributed by atoms with Crippen LogP contribution in [0.2, 0.25) is 0 Å². The molecule has 6 heteroatoms. The second-order valence-electron chi connectivity index (χ2n) is 6.15. The van der Waals surface area contributed by atoms with Crippen molar-refractivity contribution in [1.29, 1.82) is 0 Å². The number of para-hydroxylation sites is 3. The Labute approximate surface area is 168 Å². The van der Waals surface area contributed by atoms with Gasteiger partial charge in [0, 0.05) is 5.56 Å². The summed E-state index contributed by atoms with van der Waals surface area (Å²) in [7, 11) is 0. The molecule has 0 fully saturated rings. The zero-order valence-electron chi connectivity index (χ0n) is 15.7. The Kier molecular flexibility index (Phi) is 6.02. The maximum atomic E-state index is 6.16. The summed E-state index contributed by atoms with van der Waals surface area (Å²) in [6.45, 7) is 0.807. The van der Waals surface area contributed by atoms with Crippen molar-refractivity contribution < 1.29 is 18.7 Å². The van der Waals surface area contributed by atoms with Crippen molar-refractivity contribution in [3.63, 3.8) is 0 Å².